The molecule has 0 bridgehead atoms. The predicted octanol–water partition coefficient (Wildman–Crippen LogP) is 4.95. The van der Waals surface area contributed by atoms with Crippen molar-refractivity contribution in [1.82, 2.24) is 4.98 Å². The number of ether oxygens (including phenoxy) is 1. The van der Waals surface area contributed by atoms with Gasteiger partial charge in [0.1, 0.15) is 23.8 Å². The maximum absolute atomic E-state index is 5.79. The second kappa shape index (κ2) is 6.10. The average molecular weight is 297 g/mol. The fourth-order valence-corrected chi connectivity index (χ4v) is 2.17. The molecule has 0 amide bonds. The van der Waals surface area contributed by atoms with Crippen LogP contribution >= 0.6 is 0 Å². The number of rotatable bonds is 5. The first-order chi connectivity index (χ1) is 10.6. The van der Waals surface area contributed by atoms with Gasteiger partial charge in [0, 0.05) is 0 Å². The van der Waals surface area contributed by atoms with Gasteiger partial charge in [0.2, 0.25) is 0 Å². The van der Waals surface area contributed by atoms with E-state index in [1.54, 1.807) is 12.3 Å². The van der Waals surface area contributed by atoms with E-state index in [-0.39, 0.29) is 0 Å². The molecule has 0 fully saturated rings. The highest BCUT2D eigenvalue weighted by molar-refractivity contribution is 5.44. The molecule has 0 aliphatic carbocycles. The van der Waals surface area contributed by atoms with Crippen molar-refractivity contribution in [2.24, 2.45) is 0 Å². The minimum absolute atomic E-state index is 0.372. The number of furan rings is 1. The lowest BCUT2D eigenvalue weighted by Gasteiger charge is -2.08. The molecule has 3 aromatic rings. The molecule has 1 aromatic carbocycles. The second-order valence-corrected chi connectivity index (χ2v) is 5.51. The Bertz CT molecular complexity index is 724. The van der Waals surface area contributed by atoms with E-state index < -0.39 is 0 Å². The van der Waals surface area contributed by atoms with Crippen LogP contribution < -0.4 is 4.74 Å². The third-order valence-corrected chi connectivity index (χ3v) is 3.55. The molecule has 114 valence electrons. The Morgan fingerprint density at radius 1 is 1.14 bits per heavy atom. The van der Waals surface area contributed by atoms with Gasteiger partial charge in [-0.1, -0.05) is 26.0 Å². The van der Waals surface area contributed by atoms with Crippen molar-refractivity contribution in [3.05, 3.63) is 59.7 Å². The van der Waals surface area contributed by atoms with Gasteiger partial charge in [0.05, 0.1) is 6.26 Å². The molecule has 0 spiro atoms. The minimum atomic E-state index is 0.372. The summed E-state index contributed by atoms with van der Waals surface area (Å²) in [5, 5.41) is 0. The van der Waals surface area contributed by atoms with Crippen LogP contribution in [-0.4, -0.2) is 4.98 Å². The van der Waals surface area contributed by atoms with Crippen molar-refractivity contribution in [3.8, 4) is 17.4 Å². The summed E-state index contributed by atoms with van der Waals surface area (Å²) in [6, 6.07) is 11.8. The number of aryl methyl sites for hydroxylation is 1. The topological polar surface area (TPSA) is 48.4 Å². The Hall–Kier alpha value is -2.49. The number of hydrogen-bond donors (Lipinski definition) is 0. The van der Waals surface area contributed by atoms with Crippen molar-refractivity contribution < 1.29 is 13.6 Å². The summed E-state index contributed by atoms with van der Waals surface area (Å²) in [6.45, 7) is 6.59. The zero-order chi connectivity index (χ0) is 15.5. The fourth-order valence-electron chi connectivity index (χ4n) is 2.17. The van der Waals surface area contributed by atoms with Crippen LogP contribution in [0.5, 0.6) is 5.75 Å². The van der Waals surface area contributed by atoms with Crippen LogP contribution in [0, 0.1) is 6.92 Å². The fraction of sp³-hybridized carbons (Fsp3) is 0.278. The number of hydrogen-bond acceptors (Lipinski definition) is 4. The Labute approximate surface area is 129 Å². The lowest BCUT2D eigenvalue weighted by atomic mass is 10.0. The molecule has 2 aromatic heterocycles. The molecule has 0 saturated carbocycles. The van der Waals surface area contributed by atoms with E-state index in [0.717, 1.165) is 17.2 Å². The molecule has 22 heavy (non-hydrogen) atoms. The molecule has 0 radical (unpaired) electrons. The number of nitrogens with zero attached hydrogens (tertiary/aromatic N) is 1. The molecule has 0 aliphatic rings. The van der Waals surface area contributed by atoms with E-state index >= 15 is 0 Å². The predicted molar refractivity (Wildman–Crippen MR) is 83.8 cm³/mol. The summed E-state index contributed by atoms with van der Waals surface area (Å²) >= 11 is 0. The van der Waals surface area contributed by atoms with Crippen LogP contribution in [0.25, 0.3) is 11.7 Å². The van der Waals surface area contributed by atoms with E-state index in [1.165, 1.54) is 5.56 Å². The molecule has 4 nitrogen and oxygen atoms in total. The number of benzene rings is 1. The van der Waals surface area contributed by atoms with E-state index in [9.17, 15) is 0 Å². The van der Waals surface area contributed by atoms with Gasteiger partial charge in [0.15, 0.2) is 5.76 Å². The van der Waals surface area contributed by atoms with Crippen LogP contribution in [0.2, 0.25) is 0 Å². The standard InChI is InChI=1S/C18H19NO3/c1-12(2)14-6-8-15(9-7-14)21-11-16-13(3)22-18(19-16)17-5-4-10-20-17/h4-10,12H,11H2,1-3H3. The molecule has 3 rings (SSSR count). The molecule has 0 atom stereocenters. The van der Waals surface area contributed by atoms with Gasteiger partial charge < -0.3 is 13.6 Å². The Kier molecular flexibility index (Phi) is 4.00. The zero-order valence-corrected chi connectivity index (χ0v) is 13.0. The zero-order valence-electron chi connectivity index (χ0n) is 13.0. The van der Waals surface area contributed by atoms with Crippen LogP contribution in [0.1, 0.15) is 36.8 Å². The highest BCUT2D eigenvalue weighted by atomic mass is 16.5. The van der Waals surface area contributed by atoms with Crippen LogP contribution in [0.3, 0.4) is 0 Å². The van der Waals surface area contributed by atoms with Gasteiger partial charge in [-0.15, -0.1) is 0 Å². The van der Waals surface area contributed by atoms with Gasteiger partial charge in [0.25, 0.3) is 5.89 Å². The third-order valence-electron chi connectivity index (χ3n) is 3.55. The first-order valence-electron chi connectivity index (χ1n) is 7.36. The van der Waals surface area contributed by atoms with E-state index in [4.69, 9.17) is 13.6 Å². The molecule has 0 saturated heterocycles. The second-order valence-electron chi connectivity index (χ2n) is 5.51. The smallest absolute Gasteiger partial charge is 0.263 e. The first-order valence-corrected chi connectivity index (χ1v) is 7.36. The van der Waals surface area contributed by atoms with Gasteiger partial charge in [-0.2, -0.15) is 0 Å². The van der Waals surface area contributed by atoms with Gasteiger partial charge in [-0.05, 0) is 42.7 Å². The lowest BCUT2D eigenvalue weighted by Crippen LogP contribution is -1.98. The number of aromatic nitrogens is 1. The lowest BCUT2D eigenvalue weighted by molar-refractivity contribution is 0.299. The highest BCUT2D eigenvalue weighted by Gasteiger charge is 2.13. The average Bonchev–Trinajstić information content (AvgIpc) is 3.15. The maximum atomic E-state index is 5.79. The monoisotopic (exact) mass is 297 g/mol. The Morgan fingerprint density at radius 2 is 1.91 bits per heavy atom. The van der Waals surface area contributed by atoms with Crippen molar-refractivity contribution in [2.45, 2.75) is 33.3 Å². The SMILES string of the molecule is Cc1oc(-c2ccco2)nc1COc1ccc(C(C)C)cc1. The van der Waals surface area contributed by atoms with Gasteiger partial charge >= 0.3 is 0 Å². The van der Waals surface area contributed by atoms with Gasteiger partial charge in [-0.3, -0.25) is 0 Å². The molecular weight excluding hydrogens is 278 g/mol. The summed E-state index contributed by atoms with van der Waals surface area (Å²) in [7, 11) is 0. The van der Waals surface area contributed by atoms with Crippen LogP contribution in [0.4, 0.5) is 0 Å². The minimum Gasteiger partial charge on any atom is -0.487 e. The maximum Gasteiger partial charge on any atom is 0.263 e. The quantitative estimate of drug-likeness (QED) is 0.669. The van der Waals surface area contributed by atoms with E-state index in [0.29, 0.717) is 24.2 Å². The van der Waals surface area contributed by atoms with Crippen molar-refractivity contribution >= 4 is 0 Å². The molecule has 0 unspecified atom stereocenters. The Balaban J connectivity index is 1.69. The summed E-state index contributed by atoms with van der Waals surface area (Å²) in [5.74, 6) is 3.19. The van der Waals surface area contributed by atoms with Crippen LogP contribution in [-0.2, 0) is 6.61 Å². The van der Waals surface area contributed by atoms with Crippen molar-refractivity contribution in [2.75, 3.05) is 0 Å². The normalized spacial score (nSPS) is 11.1. The van der Waals surface area contributed by atoms with E-state index in [2.05, 4.69) is 31.0 Å². The van der Waals surface area contributed by atoms with Gasteiger partial charge in [-0.25, -0.2) is 4.98 Å². The largest absolute Gasteiger partial charge is 0.487 e. The first kappa shape index (κ1) is 14.4. The molecule has 4 heteroatoms. The van der Waals surface area contributed by atoms with Crippen molar-refractivity contribution in [3.63, 3.8) is 0 Å². The summed E-state index contributed by atoms with van der Waals surface area (Å²) in [4.78, 5) is 4.43. The highest BCUT2D eigenvalue weighted by Crippen LogP contribution is 2.24. The molecular formula is C18H19NO3. The number of oxazole rings is 1. The Morgan fingerprint density at radius 3 is 2.55 bits per heavy atom. The molecule has 2 heterocycles. The molecule has 0 aliphatic heterocycles. The van der Waals surface area contributed by atoms with Crippen LogP contribution in [0.15, 0.2) is 51.5 Å². The summed E-state index contributed by atoms with van der Waals surface area (Å²) in [5.41, 5.74) is 2.07. The van der Waals surface area contributed by atoms with E-state index in [1.807, 2.05) is 25.1 Å². The summed E-state index contributed by atoms with van der Waals surface area (Å²) < 4.78 is 16.7. The molecule has 0 N–H and O–H groups in total. The summed E-state index contributed by atoms with van der Waals surface area (Å²) in [6.07, 6.45) is 1.60. The van der Waals surface area contributed by atoms with Crippen molar-refractivity contribution in [1.29, 1.82) is 0 Å². The third kappa shape index (κ3) is 3.06.